The van der Waals surface area contributed by atoms with E-state index in [0.717, 1.165) is 61.8 Å². The van der Waals surface area contributed by atoms with Crippen molar-refractivity contribution >= 4 is 22.7 Å². The Labute approximate surface area is 224 Å². The second kappa shape index (κ2) is 10.8. The van der Waals surface area contributed by atoms with E-state index >= 15 is 0 Å². The van der Waals surface area contributed by atoms with Crippen molar-refractivity contribution in [1.82, 2.24) is 24.7 Å². The van der Waals surface area contributed by atoms with Crippen molar-refractivity contribution in [2.45, 2.75) is 65.0 Å². The summed E-state index contributed by atoms with van der Waals surface area (Å²) >= 11 is 0. The van der Waals surface area contributed by atoms with Crippen LogP contribution in [0.15, 0.2) is 36.8 Å². The SMILES string of the molecule is Cc1cncc2c1c(CC1CCN(C[C@H]3CCC(=O)N3)CC1)cn2-c1ccc(F)cc1C(=O)N(C)C(C)C. The number of carbonyl (C=O) groups excluding carboxylic acids is 2. The summed E-state index contributed by atoms with van der Waals surface area (Å²) < 4.78 is 16.4. The lowest BCUT2D eigenvalue weighted by molar-refractivity contribution is -0.119. The lowest BCUT2D eigenvalue weighted by Crippen LogP contribution is -2.42. The van der Waals surface area contributed by atoms with Crippen molar-refractivity contribution in [3.05, 3.63) is 59.3 Å². The zero-order chi connectivity index (χ0) is 27.0. The van der Waals surface area contributed by atoms with Gasteiger partial charge in [-0.05, 0) is 94.8 Å². The zero-order valence-electron chi connectivity index (χ0n) is 22.8. The highest BCUT2D eigenvalue weighted by Crippen LogP contribution is 2.33. The van der Waals surface area contributed by atoms with Crippen molar-refractivity contribution in [3.8, 4) is 5.69 Å². The number of amides is 2. The van der Waals surface area contributed by atoms with Crippen molar-refractivity contribution in [2.75, 3.05) is 26.7 Å². The van der Waals surface area contributed by atoms with Crippen molar-refractivity contribution < 1.29 is 14.0 Å². The van der Waals surface area contributed by atoms with Gasteiger partial charge >= 0.3 is 0 Å². The van der Waals surface area contributed by atoms with E-state index in [1.165, 1.54) is 17.7 Å². The average Bonchev–Trinajstić information content (AvgIpc) is 3.47. The third kappa shape index (κ3) is 5.32. The molecule has 2 fully saturated rings. The Morgan fingerprint density at radius 2 is 1.97 bits per heavy atom. The highest BCUT2D eigenvalue weighted by atomic mass is 19.1. The number of aromatic nitrogens is 2. The van der Waals surface area contributed by atoms with E-state index < -0.39 is 5.82 Å². The number of hydrogen-bond acceptors (Lipinski definition) is 4. The number of piperidine rings is 1. The second-order valence-electron chi connectivity index (χ2n) is 11.3. The fourth-order valence-electron chi connectivity index (χ4n) is 5.92. The molecule has 1 aromatic carbocycles. The summed E-state index contributed by atoms with van der Waals surface area (Å²) in [5.74, 6) is 0.0962. The van der Waals surface area contributed by atoms with Crippen LogP contribution in [0.25, 0.3) is 16.6 Å². The van der Waals surface area contributed by atoms with Crippen molar-refractivity contribution in [1.29, 1.82) is 0 Å². The molecule has 2 aliphatic rings. The van der Waals surface area contributed by atoms with Gasteiger partial charge in [0.05, 0.1) is 23.0 Å². The Bertz CT molecular complexity index is 1340. The highest BCUT2D eigenvalue weighted by Gasteiger charge is 2.27. The van der Waals surface area contributed by atoms with Gasteiger partial charge < -0.3 is 19.7 Å². The molecular weight excluding hydrogens is 481 g/mol. The normalized spacial score (nSPS) is 18.9. The maximum absolute atomic E-state index is 14.3. The molecule has 0 unspecified atom stereocenters. The number of nitrogens with one attached hydrogen (secondary N) is 1. The maximum Gasteiger partial charge on any atom is 0.256 e. The summed E-state index contributed by atoms with van der Waals surface area (Å²) in [6.45, 7) is 8.98. The Hall–Kier alpha value is -3.26. The first-order valence-corrected chi connectivity index (χ1v) is 13.7. The number of pyridine rings is 1. The molecular formula is C30H38FN5O2. The molecule has 0 radical (unpaired) electrons. The first-order valence-electron chi connectivity index (χ1n) is 13.7. The highest BCUT2D eigenvalue weighted by molar-refractivity contribution is 5.99. The maximum atomic E-state index is 14.3. The van der Waals surface area contributed by atoms with Gasteiger partial charge in [0.1, 0.15) is 5.82 Å². The molecule has 2 amide bonds. The fraction of sp³-hybridized carbons (Fsp3) is 0.500. The predicted molar refractivity (Wildman–Crippen MR) is 147 cm³/mol. The number of fused-ring (bicyclic) bond motifs is 1. The molecule has 202 valence electrons. The summed E-state index contributed by atoms with van der Waals surface area (Å²) in [5.41, 5.74) is 4.28. The van der Waals surface area contributed by atoms with E-state index in [1.807, 2.05) is 30.8 Å². The fourth-order valence-corrected chi connectivity index (χ4v) is 5.92. The molecule has 1 atom stereocenters. The number of aryl methyl sites for hydroxylation is 1. The third-order valence-electron chi connectivity index (χ3n) is 8.30. The molecule has 7 nitrogen and oxygen atoms in total. The molecule has 4 heterocycles. The van der Waals surface area contributed by atoms with Gasteiger partial charge in [0.25, 0.3) is 5.91 Å². The van der Waals surface area contributed by atoms with Crippen LogP contribution in [-0.4, -0.2) is 69.9 Å². The van der Waals surface area contributed by atoms with E-state index in [1.54, 1.807) is 18.0 Å². The summed E-state index contributed by atoms with van der Waals surface area (Å²) in [6, 6.07) is 4.74. The van der Waals surface area contributed by atoms with Crippen LogP contribution in [0.3, 0.4) is 0 Å². The van der Waals surface area contributed by atoms with E-state index in [2.05, 4.69) is 28.3 Å². The standard InChI is InChI=1S/C30H38FN5O2/c1-19(2)34(4)30(38)25-14-23(31)5-7-26(25)36-17-22(29-20(3)15-32-16-27(29)36)13-21-9-11-35(12-10-21)18-24-6-8-28(37)33-24/h5,7,14-17,19,21,24H,6,8-13,18H2,1-4H3,(H,33,37)/t24-/m1/s1. The van der Waals surface area contributed by atoms with Gasteiger partial charge in [-0.25, -0.2) is 4.39 Å². The van der Waals surface area contributed by atoms with Crippen molar-refractivity contribution in [2.24, 2.45) is 5.92 Å². The van der Waals surface area contributed by atoms with Gasteiger partial charge in [-0.2, -0.15) is 0 Å². The molecule has 2 aromatic heterocycles. The summed E-state index contributed by atoms with van der Waals surface area (Å²) in [5, 5.41) is 4.25. The molecule has 0 bridgehead atoms. The Kier molecular flexibility index (Phi) is 7.52. The second-order valence-corrected chi connectivity index (χ2v) is 11.3. The van der Waals surface area contributed by atoms with Crippen LogP contribution >= 0.6 is 0 Å². The van der Waals surface area contributed by atoms with E-state index in [9.17, 15) is 14.0 Å². The number of benzene rings is 1. The van der Waals surface area contributed by atoms with Crippen LogP contribution < -0.4 is 5.32 Å². The largest absolute Gasteiger partial charge is 0.352 e. The lowest BCUT2D eigenvalue weighted by Gasteiger charge is -2.33. The molecule has 0 aliphatic carbocycles. The molecule has 0 spiro atoms. The number of halogens is 1. The summed E-state index contributed by atoms with van der Waals surface area (Å²) in [7, 11) is 1.75. The molecule has 8 heteroatoms. The van der Waals surface area contributed by atoms with Crippen LogP contribution in [0, 0.1) is 18.7 Å². The molecule has 5 rings (SSSR count). The van der Waals surface area contributed by atoms with Crippen LogP contribution in [0.4, 0.5) is 4.39 Å². The van der Waals surface area contributed by atoms with Gasteiger partial charge in [0.15, 0.2) is 0 Å². The molecule has 2 aliphatic heterocycles. The topological polar surface area (TPSA) is 70.5 Å². The Morgan fingerprint density at radius 3 is 2.66 bits per heavy atom. The Morgan fingerprint density at radius 1 is 1.21 bits per heavy atom. The molecule has 38 heavy (non-hydrogen) atoms. The minimum absolute atomic E-state index is 0.00435. The lowest BCUT2D eigenvalue weighted by atomic mass is 9.89. The van der Waals surface area contributed by atoms with Crippen LogP contribution in [-0.2, 0) is 11.2 Å². The number of nitrogens with zero attached hydrogens (tertiary/aromatic N) is 4. The minimum Gasteiger partial charge on any atom is -0.352 e. The minimum atomic E-state index is -0.427. The predicted octanol–water partition coefficient (Wildman–Crippen LogP) is 4.49. The van der Waals surface area contributed by atoms with Gasteiger partial charge in [-0.15, -0.1) is 0 Å². The smallest absolute Gasteiger partial charge is 0.256 e. The van der Waals surface area contributed by atoms with E-state index in [4.69, 9.17) is 0 Å². The van der Waals surface area contributed by atoms with Crippen LogP contribution in [0.1, 0.15) is 61.0 Å². The molecule has 1 N–H and O–H groups in total. The van der Waals surface area contributed by atoms with Gasteiger partial charge in [0, 0.05) is 49.9 Å². The molecule has 0 saturated carbocycles. The number of hydrogen-bond donors (Lipinski definition) is 1. The molecule has 3 aromatic rings. The Balaban J connectivity index is 1.41. The first kappa shape index (κ1) is 26.4. The third-order valence-corrected chi connectivity index (χ3v) is 8.30. The monoisotopic (exact) mass is 519 g/mol. The summed E-state index contributed by atoms with van der Waals surface area (Å²) in [6.07, 6.45) is 10.6. The average molecular weight is 520 g/mol. The van der Waals surface area contributed by atoms with Crippen molar-refractivity contribution in [3.63, 3.8) is 0 Å². The zero-order valence-corrected chi connectivity index (χ0v) is 22.8. The van der Waals surface area contributed by atoms with Gasteiger partial charge in [-0.3, -0.25) is 14.6 Å². The number of carbonyl (C=O) groups is 2. The van der Waals surface area contributed by atoms with Crippen LogP contribution in [0.2, 0.25) is 0 Å². The van der Waals surface area contributed by atoms with Gasteiger partial charge in [-0.1, -0.05) is 0 Å². The van der Waals surface area contributed by atoms with E-state index in [0.29, 0.717) is 23.6 Å². The molecule has 2 saturated heterocycles. The van der Waals surface area contributed by atoms with Crippen LogP contribution in [0.5, 0.6) is 0 Å². The first-order chi connectivity index (χ1) is 18.2. The number of likely N-dealkylation sites (tertiary alicyclic amines) is 1. The number of rotatable bonds is 7. The van der Waals surface area contributed by atoms with Gasteiger partial charge in [0.2, 0.25) is 5.91 Å². The summed E-state index contributed by atoms with van der Waals surface area (Å²) in [4.78, 5) is 33.5. The van der Waals surface area contributed by atoms with E-state index in [-0.39, 0.29) is 23.9 Å². The quantitative estimate of drug-likeness (QED) is 0.500.